The average molecular weight is 350 g/mol. The molecule has 1 saturated carbocycles. The molecule has 1 aromatic rings. The van der Waals surface area contributed by atoms with Crippen molar-refractivity contribution in [1.82, 2.24) is 14.9 Å². The molecule has 1 aliphatic carbocycles. The van der Waals surface area contributed by atoms with Gasteiger partial charge in [-0.25, -0.2) is 18.1 Å². The van der Waals surface area contributed by atoms with Crippen molar-refractivity contribution in [3.8, 4) is 0 Å². The molecule has 7 heteroatoms. The molecule has 1 aromatic carbocycles. The van der Waals surface area contributed by atoms with Gasteiger partial charge in [0.2, 0.25) is 5.96 Å². The van der Waals surface area contributed by atoms with E-state index in [1.54, 1.807) is 24.3 Å². The number of sulfonamides is 1. The van der Waals surface area contributed by atoms with Crippen molar-refractivity contribution in [3.05, 3.63) is 29.8 Å². The zero-order valence-electron chi connectivity index (χ0n) is 14.2. The molecular weight excluding hydrogens is 324 g/mol. The molecule has 0 amide bonds. The van der Waals surface area contributed by atoms with Crippen LogP contribution in [-0.2, 0) is 10.0 Å². The molecule has 2 aliphatic rings. The highest BCUT2D eigenvalue weighted by atomic mass is 32.2. The number of rotatable bonds is 3. The van der Waals surface area contributed by atoms with Gasteiger partial charge in [0.25, 0.3) is 10.0 Å². The minimum Gasteiger partial charge on any atom is -0.343 e. The molecule has 0 aromatic heterocycles. The predicted octanol–water partition coefficient (Wildman–Crippen LogP) is 2.17. The number of aliphatic imine (C=N–C) groups is 1. The zero-order chi connectivity index (χ0) is 17.0. The molecule has 1 aliphatic heterocycles. The van der Waals surface area contributed by atoms with Crippen molar-refractivity contribution >= 4 is 16.0 Å². The molecule has 132 valence electrons. The summed E-state index contributed by atoms with van der Waals surface area (Å²) in [6, 6.07) is 7.35. The van der Waals surface area contributed by atoms with Crippen molar-refractivity contribution in [2.24, 2.45) is 4.99 Å². The quantitative estimate of drug-likeness (QED) is 0.820. The minimum absolute atomic E-state index is 0.254. The van der Waals surface area contributed by atoms with Crippen LogP contribution in [0.25, 0.3) is 0 Å². The van der Waals surface area contributed by atoms with Gasteiger partial charge in [0.15, 0.2) is 0 Å². The Morgan fingerprint density at radius 1 is 1.12 bits per heavy atom. The largest absolute Gasteiger partial charge is 0.343 e. The van der Waals surface area contributed by atoms with E-state index in [1.165, 1.54) is 38.5 Å². The Kier molecular flexibility index (Phi) is 5.40. The van der Waals surface area contributed by atoms with Crippen LogP contribution in [0.1, 0.15) is 44.1 Å². The normalized spacial score (nSPS) is 20.8. The van der Waals surface area contributed by atoms with Crippen LogP contribution in [0.2, 0.25) is 0 Å². The van der Waals surface area contributed by atoms with Crippen LogP contribution >= 0.6 is 0 Å². The van der Waals surface area contributed by atoms with Crippen molar-refractivity contribution in [1.29, 1.82) is 0 Å². The van der Waals surface area contributed by atoms with E-state index >= 15 is 0 Å². The first-order valence-electron chi connectivity index (χ1n) is 8.66. The van der Waals surface area contributed by atoms with Gasteiger partial charge in [-0.1, -0.05) is 43.4 Å². The molecule has 0 spiro atoms. The molecule has 0 unspecified atom stereocenters. The van der Waals surface area contributed by atoms with Gasteiger partial charge in [0, 0.05) is 6.04 Å². The summed E-state index contributed by atoms with van der Waals surface area (Å²) >= 11 is 0. The van der Waals surface area contributed by atoms with E-state index in [2.05, 4.69) is 19.9 Å². The van der Waals surface area contributed by atoms with Crippen molar-refractivity contribution in [2.75, 3.05) is 13.3 Å². The Bertz CT molecular complexity index is 677. The number of guanidine groups is 1. The van der Waals surface area contributed by atoms with Crippen LogP contribution in [0.5, 0.6) is 0 Å². The number of benzene rings is 1. The third-order valence-electron chi connectivity index (χ3n) is 4.76. The van der Waals surface area contributed by atoms with Gasteiger partial charge in [-0.3, -0.25) is 4.90 Å². The summed E-state index contributed by atoms with van der Waals surface area (Å²) in [5.41, 5.74) is 1.03. The minimum atomic E-state index is -3.59. The summed E-state index contributed by atoms with van der Waals surface area (Å²) in [6.45, 7) is 3.11. The molecular formula is C17H26N4O2S. The number of nitrogens with one attached hydrogen (secondary N) is 2. The van der Waals surface area contributed by atoms with Gasteiger partial charge in [-0.05, 0) is 31.9 Å². The Labute approximate surface area is 144 Å². The van der Waals surface area contributed by atoms with Crippen LogP contribution in [0.4, 0.5) is 0 Å². The number of hydrogen-bond donors (Lipinski definition) is 2. The van der Waals surface area contributed by atoms with Crippen LogP contribution in [0.3, 0.4) is 0 Å². The van der Waals surface area contributed by atoms with Crippen molar-refractivity contribution in [3.63, 3.8) is 0 Å². The summed E-state index contributed by atoms with van der Waals surface area (Å²) in [6.07, 6.45) is 7.62. The average Bonchev–Trinajstić information content (AvgIpc) is 2.85. The lowest BCUT2D eigenvalue weighted by Crippen LogP contribution is -2.52. The molecule has 1 fully saturated rings. The van der Waals surface area contributed by atoms with E-state index in [0.717, 1.165) is 5.56 Å². The van der Waals surface area contributed by atoms with Crippen LogP contribution in [0, 0.1) is 6.92 Å². The fourth-order valence-corrected chi connectivity index (χ4v) is 4.29. The first-order valence-corrected chi connectivity index (χ1v) is 10.1. The molecule has 0 radical (unpaired) electrons. The Balaban J connectivity index is 1.61. The van der Waals surface area contributed by atoms with Crippen LogP contribution in [-0.4, -0.2) is 38.7 Å². The predicted molar refractivity (Wildman–Crippen MR) is 95.1 cm³/mol. The third kappa shape index (κ3) is 4.27. The van der Waals surface area contributed by atoms with Gasteiger partial charge < -0.3 is 5.32 Å². The van der Waals surface area contributed by atoms with E-state index in [0.29, 0.717) is 25.3 Å². The Hall–Kier alpha value is -1.60. The fraction of sp³-hybridized carbons (Fsp3) is 0.588. The standard InChI is InChI=1S/C17H26N4O2S/c1-14-8-10-16(11-9-14)24(22,23)20-17-18-12-21(13-19-17)15-6-4-2-3-5-7-15/h8-11,15H,2-7,12-13H2,1H3,(H2,18,19,20). The highest BCUT2D eigenvalue weighted by molar-refractivity contribution is 7.90. The lowest BCUT2D eigenvalue weighted by molar-refractivity contribution is 0.171. The first kappa shape index (κ1) is 17.2. The van der Waals surface area contributed by atoms with Gasteiger partial charge >= 0.3 is 0 Å². The lowest BCUT2D eigenvalue weighted by atomic mass is 10.1. The van der Waals surface area contributed by atoms with E-state index in [4.69, 9.17) is 0 Å². The Morgan fingerprint density at radius 3 is 2.38 bits per heavy atom. The summed E-state index contributed by atoms with van der Waals surface area (Å²) in [4.78, 5) is 6.94. The Morgan fingerprint density at radius 2 is 1.79 bits per heavy atom. The second-order valence-electron chi connectivity index (χ2n) is 6.64. The number of nitrogens with zero attached hydrogens (tertiary/aromatic N) is 2. The maximum atomic E-state index is 12.4. The van der Waals surface area contributed by atoms with E-state index < -0.39 is 10.0 Å². The number of hydrogen-bond acceptors (Lipinski definition) is 5. The zero-order valence-corrected chi connectivity index (χ0v) is 15.0. The smallest absolute Gasteiger partial charge is 0.264 e. The highest BCUT2D eigenvalue weighted by Crippen LogP contribution is 2.22. The topological polar surface area (TPSA) is 73.8 Å². The molecule has 0 saturated heterocycles. The fourth-order valence-electron chi connectivity index (χ4n) is 3.28. The van der Waals surface area contributed by atoms with E-state index in [-0.39, 0.29) is 4.90 Å². The first-order chi connectivity index (χ1) is 11.5. The van der Waals surface area contributed by atoms with Gasteiger partial charge in [0.1, 0.15) is 0 Å². The summed E-state index contributed by atoms with van der Waals surface area (Å²) in [7, 11) is -3.59. The monoisotopic (exact) mass is 350 g/mol. The molecule has 0 atom stereocenters. The third-order valence-corrected chi connectivity index (χ3v) is 6.12. The maximum Gasteiger partial charge on any atom is 0.264 e. The van der Waals surface area contributed by atoms with Crippen molar-refractivity contribution in [2.45, 2.75) is 56.4 Å². The van der Waals surface area contributed by atoms with Gasteiger partial charge in [-0.2, -0.15) is 0 Å². The lowest BCUT2D eigenvalue weighted by Gasteiger charge is -2.33. The van der Waals surface area contributed by atoms with Crippen molar-refractivity contribution < 1.29 is 8.42 Å². The molecule has 0 bridgehead atoms. The summed E-state index contributed by atoms with van der Waals surface area (Å²) in [5, 5.41) is 3.11. The number of aryl methyl sites for hydroxylation is 1. The molecule has 1 heterocycles. The van der Waals surface area contributed by atoms with Gasteiger partial charge in [-0.15, -0.1) is 0 Å². The molecule has 6 nitrogen and oxygen atoms in total. The summed E-state index contributed by atoms with van der Waals surface area (Å²) < 4.78 is 27.3. The molecule has 3 rings (SSSR count). The van der Waals surface area contributed by atoms with E-state index in [1.807, 2.05) is 6.92 Å². The van der Waals surface area contributed by atoms with Gasteiger partial charge in [0.05, 0.1) is 18.2 Å². The highest BCUT2D eigenvalue weighted by Gasteiger charge is 2.24. The maximum absolute atomic E-state index is 12.4. The van der Waals surface area contributed by atoms with Crippen LogP contribution < -0.4 is 10.0 Å². The molecule has 2 N–H and O–H groups in total. The SMILES string of the molecule is Cc1ccc(S(=O)(=O)NC2=NCN(C3CCCCCC3)CN2)cc1. The van der Waals surface area contributed by atoms with E-state index in [9.17, 15) is 8.42 Å². The second-order valence-corrected chi connectivity index (χ2v) is 8.32. The van der Waals surface area contributed by atoms with Crippen LogP contribution in [0.15, 0.2) is 34.2 Å². The second kappa shape index (κ2) is 7.53. The summed E-state index contributed by atoms with van der Waals surface area (Å²) in [5.74, 6) is 0.334. The molecule has 24 heavy (non-hydrogen) atoms.